The zero-order valence-corrected chi connectivity index (χ0v) is 21.0. The van der Waals surface area contributed by atoms with Crippen LogP contribution in [0.15, 0.2) is 42.5 Å². The number of aromatic nitrogens is 1. The minimum Gasteiger partial charge on any atom is -0.375 e. The first-order valence-electron chi connectivity index (χ1n) is 11.4. The van der Waals surface area contributed by atoms with E-state index < -0.39 is 53.5 Å². The van der Waals surface area contributed by atoms with E-state index in [1.807, 2.05) is 0 Å². The first-order chi connectivity index (χ1) is 18.2. The second-order valence-corrected chi connectivity index (χ2v) is 9.70. The molecule has 0 aliphatic carbocycles. The van der Waals surface area contributed by atoms with Gasteiger partial charge in [0.1, 0.15) is 23.1 Å². The summed E-state index contributed by atoms with van der Waals surface area (Å²) >= 11 is 6.27. The third-order valence-corrected chi connectivity index (χ3v) is 6.93. The van der Waals surface area contributed by atoms with Crippen molar-refractivity contribution >= 4 is 40.7 Å². The molecular formula is C25H19ClF5N5O3. The van der Waals surface area contributed by atoms with Crippen molar-refractivity contribution in [2.45, 2.75) is 17.8 Å². The van der Waals surface area contributed by atoms with E-state index in [1.165, 1.54) is 17.0 Å². The summed E-state index contributed by atoms with van der Waals surface area (Å²) in [5.41, 5.74) is -4.57. The predicted octanol–water partition coefficient (Wildman–Crippen LogP) is 4.71. The van der Waals surface area contributed by atoms with Crippen molar-refractivity contribution in [1.29, 1.82) is 0 Å². The number of rotatable bonds is 3. The third-order valence-electron chi connectivity index (χ3n) is 6.59. The van der Waals surface area contributed by atoms with Crippen LogP contribution in [0.1, 0.15) is 33.2 Å². The maximum absolute atomic E-state index is 14.1. The van der Waals surface area contributed by atoms with Gasteiger partial charge in [-0.15, -0.1) is 0 Å². The fraction of sp³-hybridized carbons (Fsp3) is 0.240. The van der Waals surface area contributed by atoms with E-state index in [0.29, 0.717) is 11.0 Å². The highest BCUT2D eigenvalue weighted by Gasteiger charge is 2.61. The Morgan fingerprint density at radius 1 is 1.18 bits per heavy atom. The van der Waals surface area contributed by atoms with Gasteiger partial charge < -0.3 is 20.6 Å². The van der Waals surface area contributed by atoms with E-state index in [9.17, 15) is 36.6 Å². The van der Waals surface area contributed by atoms with Gasteiger partial charge in [0, 0.05) is 41.9 Å². The number of aliphatic hydroxyl groups is 1. The maximum atomic E-state index is 14.1. The molecule has 3 heterocycles. The smallest absolute Gasteiger partial charge is 0.375 e. The number of alkyl halides is 3. The van der Waals surface area contributed by atoms with E-state index in [0.717, 1.165) is 24.3 Å². The number of pyridine rings is 1. The van der Waals surface area contributed by atoms with Crippen molar-refractivity contribution in [2.75, 3.05) is 35.8 Å². The van der Waals surface area contributed by atoms with Crippen molar-refractivity contribution in [3.63, 3.8) is 0 Å². The van der Waals surface area contributed by atoms with Gasteiger partial charge >= 0.3 is 12.2 Å². The van der Waals surface area contributed by atoms with Crippen molar-refractivity contribution in [3.05, 3.63) is 81.5 Å². The van der Waals surface area contributed by atoms with Crippen LogP contribution in [-0.4, -0.2) is 48.8 Å². The summed E-state index contributed by atoms with van der Waals surface area (Å²) in [6.45, 7) is -1.24. The number of hydrogen-bond acceptors (Lipinski definition) is 5. The van der Waals surface area contributed by atoms with E-state index in [4.69, 9.17) is 11.6 Å². The molecule has 0 spiro atoms. The molecule has 3 N–H and O–H groups in total. The summed E-state index contributed by atoms with van der Waals surface area (Å²) in [7, 11) is 3.23. The van der Waals surface area contributed by atoms with Crippen LogP contribution in [0.25, 0.3) is 0 Å². The summed E-state index contributed by atoms with van der Waals surface area (Å²) in [4.78, 5) is 32.7. The lowest BCUT2D eigenvalue weighted by atomic mass is 9.95. The quantitative estimate of drug-likeness (QED) is 0.398. The average Bonchev–Trinajstić information content (AvgIpc) is 3.35. The molecule has 204 valence electrons. The Bertz CT molecular complexity index is 1530. The number of carbonyl (C=O) groups excluding carboxylic acids is 2. The highest BCUT2D eigenvalue weighted by Crippen LogP contribution is 2.49. The third kappa shape index (κ3) is 4.31. The number of carbonyl (C=O) groups is 2. The Morgan fingerprint density at radius 2 is 1.85 bits per heavy atom. The van der Waals surface area contributed by atoms with Gasteiger partial charge in [-0.2, -0.15) is 13.2 Å². The molecule has 0 fully saturated rings. The molecule has 3 amide bonds. The van der Waals surface area contributed by atoms with Gasteiger partial charge in [-0.25, -0.2) is 18.6 Å². The second-order valence-electron chi connectivity index (χ2n) is 9.29. The molecule has 0 saturated carbocycles. The zero-order valence-electron chi connectivity index (χ0n) is 20.2. The predicted molar refractivity (Wildman–Crippen MR) is 132 cm³/mol. The Kier molecular flexibility index (Phi) is 6.18. The lowest BCUT2D eigenvalue weighted by Gasteiger charge is -2.27. The average molecular weight is 568 g/mol. The number of nitrogens with zero attached hydrogens (tertiary/aromatic N) is 3. The fourth-order valence-corrected chi connectivity index (χ4v) is 4.89. The molecule has 2 aliphatic heterocycles. The number of hydrogen-bond donors (Lipinski definition) is 3. The largest absolute Gasteiger partial charge is 0.423 e. The van der Waals surface area contributed by atoms with Gasteiger partial charge in [0.25, 0.3) is 5.91 Å². The number of amides is 3. The molecule has 2 aliphatic rings. The minimum atomic E-state index is -5.23. The van der Waals surface area contributed by atoms with E-state index in [1.54, 1.807) is 14.1 Å². The molecular weight excluding hydrogens is 549 g/mol. The topological polar surface area (TPSA) is 97.8 Å². The Labute approximate surface area is 223 Å². The van der Waals surface area contributed by atoms with Crippen LogP contribution in [0.3, 0.4) is 0 Å². The molecule has 14 heteroatoms. The Morgan fingerprint density at radius 3 is 2.51 bits per heavy atom. The summed E-state index contributed by atoms with van der Waals surface area (Å²) < 4.78 is 69.5. The molecule has 1 aromatic heterocycles. The van der Waals surface area contributed by atoms with Crippen LogP contribution in [0, 0.1) is 11.6 Å². The molecule has 0 radical (unpaired) electrons. The monoisotopic (exact) mass is 567 g/mol. The molecule has 2 atom stereocenters. The fourth-order valence-electron chi connectivity index (χ4n) is 4.66. The van der Waals surface area contributed by atoms with Crippen molar-refractivity contribution in [3.8, 4) is 0 Å². The molecule has 8 nitrogen and oxygen atoms in total. The van der Waals surface area contributed by atoms with Crippen LogP contribution in [0.2, 0.25) is 5.02 Å². The van der Waals surface area contributed by atoms with Crippen molar-refractivity contribution < 1.29 is 36.6 Å². The summed E-state index contributed by atoms with van der Waals surface area (Å²) in [6, 6.07) is 5.07. The van der Waals surface area contributed by atoms with Crippen LogP contribution in [0.4, 0.5) is 43.9 Å². The number of fused-ring (bicyclic) bond motifs is 2. The molecule has 0 unspecified atom stereocenters. The van der Waals surface area contributed by atoms with Crippen molar-refractivity contribution in [2.24, 2.45) is 0 Å². The highest BCUT2D eigenvalue weighted by atomic mass is 35.5. The van der Waals surface area contributed by atoms with Crippen LogP contribution in [0.5, 0.6) is 0 Å². The number of urea groups is 1. The number of β-amino-alcohol motifs (C(OH)–C–C–N with tert-alkyl or cyclic N) is 1. The first kappa shape index (κ1) is 26.6. The van der Waals surface area contributed by atoms with Crippen molar-refractivity contribution in [1.82, 2.24) is 10.3 Å². The van der Waals surface area contributed by atoms with Gasteiger partial charge in [0.05, 0.1) is 24.0 Å². The lowest BCUT2D eigenvalue weighted by molar-refractivity contribution is -0.258. The maximum Gasteiger partial charge on any atom is 0.423 e. The standard InChI is InChI=1S/C25H19ClF5N5O3/c1-35(2)18-9-16(19-20(34-22(37)21(19)33-18)13-7-11(27)3-5-15(13)26)32-23(38)36-10-24(39,25(29,30)31)14-8-12(28)4-6-17(14)36/h3-9,20,39H,10H2,1-2H3,(H,34,37)(H,32,33,38)/t20-,24-/m1/s1. The number of benzene rings is 2. The molecule has 0 bridgehead atoms. The van der Waals surface area contributed by atoms with Gasteiger partial charge in [-0.3, -0.25) is 9.69 Å². The highest BCUT2D eigenvalue weighted by molar-refractivity contribution is 6.31. The number of halogens is 6. The first-order valence-corrected chi connectivity index (χ1v) is 11.7. The number of nitrogens with one attached hydrogen (secondary N) is 2. The van der Waals surface area contributed by atoms with Gasteiger partial charge in [0.15, 0.2) is 0 Å². The molecule has 3 aromatic rings. The van der Waals surface area contributed by atoms with E-state index in [2.05, 4.69) is 15.6 Å². The normalized spacial score (nSPS) is 20.0. The summed E-state index contributed by atoms with van der Waals surface area (Å²) in [5, 5.41) is 15.8. The molecule has 5 rings (SSSR count). The SMILES string of the molecule is CN(C)c1cc(NC(=O)N2C[C@](O)(C(F)(F)F)c3cc(F)ccc32)c2c(n1)C(=O)N[C@@H]2c1cc(F)ccc1Cl. The summed E-state index contributed by atoms with van der Waals surface area (Å²) in [6.07, 6.45) is -5.23. The number of anilines is 3. The minimum absolute atomic E-state index is 0.0245. The molecule has 39 heavy (non-hydrogen) atoms. The second kappa shape index (κ2) is 9.06. The lowest BCUT2D eigenvalue weighted by Crippen LogP contribution is -2.48. The van der Waals surface area contributed by atoms with Gasteiger partial charge in [-0.05, 0) is 36.4 Å². The van der Waals surface area contributed by atoms with E-state index >= 15 is 0 Å². The summed E-state index contributed by atoms with van der Waals surface area (Å²) in [5.74, 6) is -2.10. The van der Waals surface area contributed by atoms with Gasteiger partial charge in [-0.1, -0.05) is 11.6 Å². The Hall–Kier alpha value is -3.97. The molecule has 0 saturated heterocycles. The van der Waals surface area contributed by atoms with Crippen LogP contribution >= 0.6 is 11.6 Å². The Balaban J connectivity index is 1.60. The van der Waals surface area contributed by atoms with Crippen LogP contribution in [-0.2, 0) is 5.60 Å². The van der Waals surface area contributed by atoms with Gasteiger partial charge in [0.2, 0.25) is 5.60 Å². The van der Waals surface area contributed by atoms with Crippen LogP contribution < -0.4 is 20.4 Å². The van der Waals surface area contributed by atoms with E-state index in [-0.39, 0.29) is 39.0 Å². The zero-order chi connectivity index (χ0) is 28.4. The molecule has 2 aromatic carbocycles.